The van der Waals surface area contributed by atoms with E-state index in [2.05, 4.69) is 5.32 Å². The van der Waals surface area contributed by atoms with Crippen LogP contribution in [0.15, 0.2) is 0 Å². The van der Waals surface area contributed by atoms with Gasteiger partial charge in [-0.3, -0.25) is 0 Å². The summed E-state index contributed by atoms with van der Waals surface area (Å²) in [5, 5.41) is 2.99. The van der Waals surface area contributed by atoms with Gasteiger partial charge < -0.3 is 5.32 Å². The summed E-state index contributed by atoms with van der Waals surface area (Å²) in [7, 11) is -1.43. The molecule has 1 rings (SSSR count). The predicted molar refractivity (Wildman–Crippen MR) is 66.9 cm³/mol. The van der Waals surface area contributed by atoms with Gasteiger partial charge in [0.1, 0.15) is 0 Å². The van der Waals surface area contributed by atoms with Crippen molar-refractivity contribution in [1.82, 2.24) is 9.62 Å². The fraction of sp³-hybridized carbons (Fsp3) is 1.00. The average molecular weight is 248 g/mol. The maximum absolute atomic E-state index is 12.4. The Hall–Kier alpha value is -0.130. The molecule has 0 aromatic rings. The second kappa shape index (κ2) is 5.02. The van der Waals surface area contributed by atoms with Crippen LogP contribution >= 0.6 is 0 Å². The Morgan fingerprint density at radius 1 is 1.31 bits per heavy atom. The molecule has 0 aromatic heterocycles. The van der Waals surface area contributed by atoms with Gasteiger partial charge in [-0.05, 0) is 46.2 Å². The van der Waals surface area contributed by atoms with Crippen molar-refractivity contribution in [3.05, 3.63) is 0 Å². The van der Waals surface area contributed by atoms with Gasteiger partial charge in [0.25, 0.3) is 0 Å². The van der Waals surface area contributed by atoms with Crippen molar-refractivity contribution in [2.24, 2.45) is 0 Å². The highest BCUT2D eigenvalue weighted by Crippen LogP contribution is 2.25. The molecule has 1 heterocycles. The van der Waals surface area contributed by atoms with Gasteiger partial charge in [0.2, 0.25) is 10.0 Å². The van der Waals surface area contributed by atoms with E-state index in [1.165, 1.54) is 0 Å². The van der Waals surface area contributed by atoms with Crippen molar-refractivity contribution >= 4 is 10.0 Å². The summed E-state index contributed by atoms with van der Waals surface area (Å²) in [5.74, 6) is 0. The van der Waals surface area contributed by atoms with Crippen molar-refractivity contribution in [3.63, 3.8) is 0 Å². The van der Waals surface area contributed by atoms with Crippen LogP contribution in [0.2, 0.25) is 0 Å². The summed E-state index contributed by atoms with van der Waals surface area (Å²) in [6.07, 6.45) is 2.28. The molecule has 4 nitrogen and oxygen atoms in total. The molecule has 0 saturated carbocycles. The first-order valence-corrected chi connectivity index (χ1v) is 7.51. The van der Waals surface area contributed by atoms with Crippen molar-refractivity contribution < 1.29 is 8.42 Å². The number of rotatable bonds is 4. The maximum Gasteiger partial charge on any atom is 0.217 e. The third-order valence-corrected chi connectivity index (χ3v) is 6.38. The quantitative estimate of drug-likeness (QED) is 0.813. The van der Waals surface area contributed by atoms with Crippen LogP contribution in [0.1, 0.15) is 40.0 Å². The van der Waals surface area contributed by atoms with Crippen LogP contribution in [0.5, 0.6) is 0 Å². The lowest BCUT2D eigenvalue weighted by Crippen LogP contribution is -2.50. The molecule has 5 heteroatoms. The van der Waals surface area contributed by atoms with E-state index in [0.717, 1.165) is 32.4 Å². The highest BCUT2D eigenvalue weighted by atomic mass is 32.2. The van der Waals surface area contributed by atoms with E-state index in [1.54, 1.807) is 11.4 Å². The van der Waals surface area contributed by atoms with E-state index in [-0.39, 0.29) is 10.8 Å². The number of nitrogens with one attached hydrogen (secondary N) is 1. The van der Waals surface area contributed by atoms with E-state index < -0.39 is 10.0 Å². The SMILES string of the molecule is CCC(C)(C)N(C)S(=O)(=O)C1CCNCC1. The Morgan fingerprint density at radius 2 is 1.81 bits per heavy atom. The molecule has 1 aliphatic rings. The molecule has 0 aliphatic carbocycles. The first-order valence-electron chi connectivity index (χ1n) is 6.01. The second-order valence-corrected chi connectivity index (χ2v) is 7.37. The highest BCUT2D eigenvalue weighted by molar-refractivity contribution is 7.89. The minimum absolute atomic E-state index is 0.204. The zero-order valence-corrected chi connectivity index (χ0v) is 11.6. The predicted octanol–water partition coefficient (Wildman–Crippen LogP) is 1.19. The van der Waals surface area contributed by atoms with Crippen molar-refractivity contribution in [2.75, 3.05) is 20.1 Å². The Bertz CT molecular complexity index is 319. The van der Waals surface area contributed by atoms with Crippen LogP contribution < -0.4 is 5.32 Å². The Balaban J connectivity index is 2.84. The summed E-state index contributed by atoms with van der Waals surface area (Å²) < 4.78 is 26.3. The summed E-state index contributed by atoms with van der Waals surface area (Å²) in [4.78, 5) is 0. The monoisotopic (exact) mass is 248 g/mol. The summed E-state index contributed by atoms with van der Waals surface area (Å²) in [6.45, 7) is 7.60. The minimum atomic E-state index is -3.14. The average Bonchev–Trinajstić information content (AvgIpc) is 2.29. The topological polar surface area (TPSA) is 49.4 Å². The molecular formula is C11H24N2O2S. The molecule has 1 fully saturated rings. The Kier molecular flexibility index (Phi) is 4.37. The van der Waals surface area contributed by atoms with E-state index in [1.807, 2.05) is 20.8 Å². The van der Waals surface area contributed by atoms with Gasteiger partial charge in [-0.25, -0.2) is 8.42 Å². The van der Waals surface area contributed by atoms with Crippen LogP contribution in [0.25, 0.3) is 0 Å². The fourth-order valence-corrected chi connectivity index (χ4v) is 3.98. The molecule has 1 aliphatic heterocycles. The van der Waals surface area contributed by atoms with E-state index in [9.17, 15) is 8.42 Å². The van der Waals surface area contributed by atoms with Gasteiger partial charge in [0.15, 0.2) is 0 Å². The summed E-state index contributed by atoms with van der Waals surface area (Å²) >= 11 is 0. The normalized spacial score (nSPS) is 20.3. The molecule has 1 N–H and O–H groups in total. The van der Waals surface area contributed by atoms with Gasteiger partial charge in [-0.15, -0.1) is 0 Å². The number of nitrogens with zero attached hydrogens (tertiary/aromatic N) is 1. The van der Waals surface area contributed by atoms with Crippen molar-refractivity contribution in [3.8, 4) is 0 Å². The maximum atomic E-state index is 12.4. The van der Waals surface area contributed by atoms with E-state index >= 15 is 0 Å². The summed E-state index contributed by atoms with van der Waals surface area (Å²) in [6, 6.07) is 0. The molecule has 0 spiro atoms. The zero-order chi connectivity index (χ0) is 12.4. The molecular weight excluding hydrogens is 224 g/mol. The van der Waals surface area contributed by atoms with Crippen LogP contribution in [-0.2, 0) is 10.0 Å². The first kappa shape index (κ1) is 13.9. The number of sulfonamides is 1. The highest BCUT2D eigenvalue weighted by Gasteiger charge is 2.37. The summed E-state index contributed by atoms with van der Waals surface area (Å²) in [5.41, 5.74) is -0.288. The van der Waals surface area contributed by atoms with Gasteiger partial charge >= 0.3 is 0 Å². The molecule has 0 atom stereocenters. The van der Waals surface area contributed by atoms with Crippen LogP contribution in [0.4, 0.5) is 0 Å². The van der Waals surface area contributed by atoms with Crippen LogP contribution in [-0.4, -0.2) is 43.6 Å². The third kappa shape index (κ3) is 2.76. The second-order valence-electron chi connectivity index (χ2n) is 5.13. The number of piperidine rings is 1. The van der Waals surface area contributed by atoms with Crippen LogP contribution in [0.3, 0.4) is 0 Å². The van der Waals surface area contributed by atoms with Crippen molar-refractivity contribution in [2.45, 2.75) is 50.8 Å². The smallest absolute Gasteiger partial charge is 0.217 e. The van der Waals surface area contributed by atoms with Gasteiger partial charge in [0, 0.05) is 12.6 Å². The molecule has 0 radical (unpaired) electrons. The number of hydrogen-bond acceptors (Lipinski definition) is 3. The lowest BCUT2D eigenvalue weighted by atomic mass is 10.0. The molecule has 0 unspecified atom stereocenters. The standard InChI is InChI=1S/C11H24N2O2S/c1-5-11(2,3)13(4)16(14,15)10-6-8-12-9-7-10/h10,12H,5-9H2,1-4H3. The largest absolute Gasteiger partial charge is 0.317 e. The van der Waals surface area contributed by atoms with Gasteiger partial charge in [-0.2, -0.15) is 4.31 Å². The van der Waals surface area contributed by atoms with Gasteiger partial charge in [0.05, 0.1) is 5.25 Å². The van der Waals surface area contributed by atoms with E-state index in [4.69, 9.17) is 0 Å². The molecule has 0 bridgehead atoms. The molecule has 16 heavy (non-hydrogen) atoms. The van der Waals surface area contributed by atoms with E-state index in [0.29, 0.717) is 0 Å². The molecule has 0 aromatic carbocycles. The first-order chi connectivity index (χ1) is 7.32. The lowest BCUT2D eigenvalue weighted by Gasteiger charge is -2.37. The zero-order valence-electron chi connectivity index (χ0n) is 10.8. The lowest BCUT2D eigenvalue weighted by molar-refractivity contribution is 0.252. The Labute approximate surface area is 99.5 Å². The third-order valence-electron chi connectivity index (χ3n) is 3.81. The minimum Gasteiger partial charge on any atom is -0.317 e. The molecule has 96 valence electrons. The fourth-order valence-electron chi connectivity index (χ4n) is 1.88. The number of hydrogen-bond donors (Lipinski definition) is 1. The van der Waals surface area contributed by atoms with Crippen molar-refractivity contribution in [1.29, 1.82) is 0 Å². The van der Waals surface area contributed by atoms with Crippen LogP contribution in [0, 0.1) is 0 Å². The van der Waals surface area contributed by atoms with Gasteiger partial charge in [-0.1, -0.05) is 6.92 Å². The Morgan fingerprint density at radius 3 is 2.25 bits per heavy atom. The molecule has 1 saturated heterocycles. The molecule has 0 amide bonds.